The fraction of sp³-hybridized carbons (Fsp3) is 0.412. The molecule has 0 aromatic heterocycles. The van der Waals surface area contributed by atoms with Gasteiger partial charge in [-0.1, -0.05) is 125 Å². The van der Waals surface area contributed by atoms with Gasteiger partial charge in [-0.15, -0.1) is 0 Å². The Morgan fingerprint density at radius 1 is 0.786 bits per heavy atom. The summed E-state index contributed by atoms with van der Waals surface area (Å²) in [6.07, 6.45) is 15.3. The van der Waals surface area contributed by atoms with Crippen LogP contribution in [-0.2, 0) is 9.59 Å². The molecule has 3 rings (SSSR count). The van der Waals surface area contributed by atoms with Crippen LogP contribution in [-0.4, -0.2) is 30.5 Å². The van der Waals surface area contributed by atoms with E-state index in [2.05, 4.69) is 22.8 Å². The van der Waals surface area contributed by atoms with E-state index in [-0.39, 0.29) is 28.8 Å². The Labute approximate surface area is 254 Å². The van der Waals surface area contributed by atoms with Crippen molar-refractivity contribution in [1.82, 2.24) is 10.7 Å². The van der Waals surface area contributed by atoms with Gasteiger partial charge in [-0.3, -0.25) is 9.59 Å². The minimum absolute atomic E-state index is 0.145. The van der Waals surface area contributed by atoms with E-state index in [4.69, 9.17) is 16.3 Å². The van der Waals surface area contributed by atoms with Crippen molar-refractivity contribution >= 4 is 46.4 Å². The third-order valence-corrected chi connectivity index (χ3v) is 7.39. The summed E-state index contributed by atoms with van der Waals surface area (Å²) in [5, 5.41) is 8.71. The van der Waals surface area contributed by atoms with Crippen LogP contribution >= 0.6 is 11.6 Å². The van der Waals surface area contributed by atoms with Crippen molar-refractivity contribution in [3.05, 3.63) is 76.8 Å². The molecule has 42 heavy (non-hydrogen) atoms. The van der Waals surface area contributed by atoms with Crippen molar-refractivity contribution in [3.63, 3.8) is 0 Å². The Bertz CT molecular complexity index is 1340. The number of hydrogen-bond acceptors (Lipinski definition) is 5. The van der Waals surface area contributed by atoms with E-state index in [1.807, 2.05) is 30.3 Å². The van der Waals surface area contributed by atoms with Crippen molar-refractivity contribution < 1.29 is 19.1 Å². The smallest absolute Gasteiger partial charge is 0.345 e. The zero-order valence-corrected chi connectivity index (χ0v) is 25.3. The van der Waals surface area contributed by atoms with Crippen LogP contribution in [0.4, 0.5) is 0 Å². The Balaban J connectivity index is 1.42. The minimum Gasteiger partial charge on any atom is -0.422 e. The maximum Gasteiger partial charge on any atom is 0.345 e. The molecule has 0 aliphatic heterocycles. The molecule has 0 aliphatic carbocycles. The number of unbranched alkanes of at least 4 members (excludes halogenated alkanes) is 10. The van der Waals surface area contributed by atoms with Gasteiger partial charge in [0.1, 0.15) is 5.75 Å². The summed E-state index contributed by atoms with van der Waals surface area (Å²) in [7, 11) is 0. The second kappa shape index (κ2) is 18.7. The van der Waals surface area contributed by atoms with Gasteiger partial charge in [-0.2, -0.15) is 5.10 Å². The van der Waals surface area contributed by atoms with Crippen LogP contribution in [0.15, 0.2) is 65.8 Å². The second-order valence-corrected chi connectivity index (χ2v) is 10.8. The first-order chi connectivity index (χ1) is 20.5. The number of esters is 1. The monoisotopic (exact) mass is 591 g/mol. The first-order valence-corrected chi connectivity index (χ1v) is 15.4. The number of rotatable bonds is 18. The van der Waals surface area contributed by atoms with Gasteiger partial charge in [-0.05, 0) is 35.4 Å². The summed E-state index contributed by atoms with van der Waals surface area (Å²) < 4.78 is 5.66. The first-order valence-electron chi connectivity index (χ1n) is 15.1. The van der Waals surface area contributed by atoms with Crippen molar-refractivity contribution in [3.8, 4) is 5.75 Å². The van der Waals surface area contributed by atoms with Gasteiger partial charge in [0.2, 0.25) is 5.91 Å². The van der Waals surface area contributed by atoms with Crippen molar-refractivity contribution in [1.29, 1.82) is 0 Å². The normalized spacial score (nSPS) is 11.1. The molecule has 0 unspecified atom stereocenters. The lowest BCUT2D eigenvalue weighted by molar-refractivity contribution is -0.126. The highest BCUT2D eigenvalue weighted by Gasteiger charge is 2.16. The molecule has 0 heterocycles. The second-order valence-electron chi connectivity index (χ2n) is 10.4. The van der Waals surface area contributed by atoms with Crippen LogP contribution in [0.25, 0.3) is 10.8 Å². The van der Waals surface area contributed by atoms with Gasteiger partial charge in [0, 0.05) is 12.0 Å². The fourth-order valence-corrected chi connectivity index (χ4v) is 4.92. The Hall–Kier alpha value is -3.71. The average molecular weight is 592 g/mol. The number of amides is 2. The summed E-state index contributed by atoms with van der Waals surface area (Å²) in [5.74, 6) is -0.923. The maximum absolute atomic E-state index is 12.8. The molecule has 0 fully saturated rings. The molecule has 0 saturated carbocycles. The van der Waals surface area contributed by atoms with E-state index >= 15 is 0 Å². The number of carbonyl (C=O) groups is 3. The molecule has 2 amide bonds. The molecule has 0 spiro atoms. The lowest BCUT2D eigenvalue weighted by atomic mass is 10.0. The van der Waals surface area contributed by atoms with Gasteiger partial charge in [-0.25, -0.2) is 10.2 Å². The van der Waals surface area contributed by atoms with Crippen LogP contribution in [0.1, 0.15) is 99.9 Å². The molecule has 224 valence electrons. The van der Waals surface area contributed by atoms with Crippen molar-refractivity contribution in [2.24, 2.45) is 5.10 Å². The lowest BCUT2D eigenvalue weighted by Gasteiger charge is -2.11. The number of hydrazone groups is 1. The third kappa shape index (κ3) is 11.3. The molecule has 7 nitrogen and oxygen atoms in total. The molecule has 3 aromatic carbocycles. The van der Waals surface area contributed by atoms with Crippen LogP contribution in [0.2, 0.25) is 5.02 Å². The number of benzene rings is 3. The number of carbonyl (C=O) groups excluding carboxylic acids is 3. The van der Waals surface area contributed by atoms with Crippen molar-refractivity contribution in [2.75, 3.05) is 6.54 Å². The van der Waals surface area contributed by atoms with Crippen LogP contribution in [0.5, 0.6) is 5.75 Å². The molecule has 0 saturated heterocycles. The van der Waals surface area contributed by atoms with E-state index in [1.54, 1.807) is 30.3 Å². The van der Waals surface area contributed by atoms with E-state index in [1.165, 1.54) is 57.6 Å². The number of hydrogen-bond donors (Lipinski definition) is 2. The van der Waals surface area contributed by atoms with E-state index < -0.39 is 11.9 Å². The quantitative estimate of drug-likeness (QED) is 0.0515. The van der Waals surface area contributed by atoms with Gasteiger partial charge in [0.25, 0.3) is 5.91 Å². The predicted octanol–water partition coefficient (Wildman–Crippen LogP) is 7.98. The minimum atomic E-state index is -0.602. The average Bonchev–Trinajstić information content (AvgIpc) is 2.99. The molecular formula is C34H42ClN3O4. The molecule has 3 aromatic rings. The topological polar surface area (TPSA) is 96.9 Å². The van der Waals surface area contributed by atoms with Crippen molar-refractivity contribution in [2.45, 2.75) is 84.0 Å². The molecular weight excluding hydrogens is 550 g/mol. The highest BCUT2D eigenvalue weighted by atomic mass is 35.5. The summed E-state index contributed by atoms with van der Waals surface area (Å²) in [6, 6.07) is 17.7. The Kier molecular flexibility index (Phi) is 14.6. The first kappa shape index (κ1) is 32.8. The summed E-state index contributed by atoms with van der Waals surface area (Å²) in [6.45, 7) is 2.07. The van der Waals surface area contributed by atoms with Gasteiger partial charge in [0.15, 0.2) is 0 Å². The fourth-order valence-electron chi connectivity index (χ4n) is 4.70. The molecule has 2 N–H and O–H groups in total. The standard InChI is InChI=1S/C34H42ClN3O4/c1-2-3-4-5-6-7-8-9-10-11-12-21-32(39)36-25-33(40)38-37-24-29-27-18-14-13-17-26(27)22-23-31(29)42-34(41)28-19-15-16-20-30(28)35/h13-20,22-24H,2-12,21,25H2,1H3,(H,36,39)(H,38,40). The number of fused-ring (bicyclic) bond motifs is 1. The van der Waals surface area contributed by atoms with Gasteiger partial charge < -0.3 is 10.1 Å². The summed E-state index contributed by atoms with van der Waals surface area (Å²) >= 11 is 6.16. The number of nitrogens with zero attached hydrogens (tertiary/aromatic N) is 1. The summed E-state index contributed by atoms with van der Waals surface area (Å²) in [4.78, 5) is 37.2. The molecule has 0 atom stereocenters. The largest absolute Gasteiger partial charge is 0.422 e. The highest BCUT2D eigenvalue weighted by molar-refractivity contribution is 6.33. The van der Waals surface area contributed by atoms with Crippen LogP contribution in [0, 0.1) is 0 Å². The van der Waals surface area contributed by atoms with Crippen LogP contribution < -0.4 is 15.5 Å². The number of nitrogens with one attached hydrogen (secondary N) is 2. The zero-order valence-electron chi connectivity index (χ0n) is 24.5. The predicted molar refractivity (Wildman–Crippen MR) is 170 cm³/mol. The van der Waals surface area contributed by atoms with Gasteiger partial charge in [0.05, 0.1) is 23.3 Å². The Morgan fingerprint density at radius 2 is 1.43 bits per heavy atom. The molecule has 0 aliphatic rings. The number of ether oxygens (including phenoxy) is 1. The molecule has 0 bridgehead atoms. The molecule has 0 radical (unpaired) electrons. The lowest BCUT2D eigenvalue weighted by Crippen LogP contribution is -2.34. The maximum atomic E-state index is 12.8. The summed E-state index contributed by atoms with van der Waals surface area (Å²) in [5.41, 5.74) is 3.20. The van der Waals surface area contributed by atoms with E-state index in [9.17, 15) is 14.4 Å². The van der Waals surface area contributed by atoms with Crippen LogP contribution in [0.3, 0.4) is 0 Å². The highest BCUT2D eigenvalue weighted by Crippen LogP contribution is 2.28. The zero-order chi connectivity index (χ0) is 30.0. The molecule has 8 heteroatoms. The number of halogens is 1. The SMILES string of the molecule is CCCCCCCCCCCCCC(=O)NCC(=O)NN=Cc1c(OC(=O)c2ccccc2Cl)ccc2ccccc12. The van der Waals surface area contributed by atoms with E-state index in [0.717, 1.165) is 30.0 Å². The van der Waals surface area contributed by atoms with E-state index in [0.29, 0.717) is 12.0 Å². The Morgan fingerprint density at radius 3 is 2.14 bits per heavy atom. The third-order valence-electron chi connectivity index (χ3n) is 7.06. The van der Waals surface area contributed by atoms with Gasteiger partial charge >= 0.3 is 5.97 Å².